The van der Waals surface area contributed by atoms with Crippen LogP contribution in [0.15, 0.2) is 39.5 Å². The summed E-state index contributed by atoms with van der Waals surface area (Å²) in [5.74, 6) is -2.73. The van der Waals surface area contributed by atoms with Crippen LogP contribution in [-0.2, 0) is 14.2 Å². The fourth-order valence-electron chi connectivity index (χ4n) is 5.07. The molecule has 6 unspecified atom stereocenters. The number of benzene rings is 2. The van der Waals surface area contributed by atoms with Crippen molar-refractivity contribution in [2.75, 3.05) is 19.8 Å². The van der Waals surface area contributed by atoms with Gasteiger partial charge in [0.1, 0.15) is 71.8 Å². The van der Waals surface area contributed by atoms with Crippen molar-refractivity contribution < 1.29 is 79.2 Å². The zero-order chi connectivity index (χ0) is 33.4. The number of ether oxygens (including phenoxy) is 5. The monoisotopic (exact) mass is 654 g/mol. The van der Waals surface area contributed by atoms with Crippen LogP contribution in [0.1, 0.15) is 6.92 Å². The summed E-state index contributed by atoms with van der Waals surface area (Å²) in [6.07, 6.45) is -16.2. The molecule has 10 N–H and O–H groups in total. The second kappa shape index (κ2) is 13.5. The average molecular weight is 655 g/mol. The van der Waals surface area contributed by atoms with E-state index in [1.165, 1.54) is 19.1 Å². The van der Waals surface area contributed by atoms with Gasteiger partial charge in [-0.05, 0) is 25.1 Å². The van der Waals surface area contributed by atoms with Gasteiger partial charge in [0.25, 0.3) is 0 Å². The molecule has 2 saturated heterocycles. The smallest absolute Gasteiger partial charge is 0.239 e. The summed E-state index contributed by atoms with van der Waals surface area (Å²) in [6, 6.07) is 5.72. The average Bonchev–Trinajstić information content (AvgIpc) is 3.02. The van der Waals surface area contributed by atoms with Crippen molar-refractivity contribution in [1.29, 1.82) is 0 Å². The number of fused-ring (bicyclic) bond motifs is 1. The van der Waals surface area contributed by atoms with Gasteiger partial charge < -0.3 is 79.2 Å². The molecule has 252 valence electrons. The lowest BCUT2D eigenvalue weighted by Crippen LogP contribution is -2.61. The molecule has 17 nitrogen and oxygen atoms in total. The third-order valence-corrected chi connectivity index (χ3v) is 7.64. The van der Waals surface area contributed by atoms with E-state index in [1.807, 2.05) is 0 Å². The quantitative estimate of drug-likeness (QED) is 0.111. The van der Waals surface area contributed by atoms with Gasteiger partial charge in [-0.1, -0.05) is 0 Å². The highest BCUT2D eigenvalue weighted by Crippen LogP contribution is 2.39. The Morgan fingerprint density at radius 1 is 0.783 bits per heavy atom. The first-order valence-electron chi connectivity index (χ1n) is 14.1. The molecular weight excluding hydrogens is 620 g/mol. The van der Waals surface area contributed by atoms with E-state index in [-0.39, 0.29) is 35.9 Å². The van der Waals surface area contributed by atoms with E-state index in [9.17, 15) is 50.8 Å². The largest absolute Gasteiger partial charge is 0.507 e. The molecule has 2 aliphatic heterocycles. The van der Waals surface area contributed by atoms with Crippen LogP contribution in [0.5, 0.6) is 28.7 Å². The molecule has 0 saturated carbocycles. The van der Waals surface area contributed by atoms with E-state index >= 15 is 0 Å². The van der Waals surface area contributed by atoms with Gasteiger partial charge in [-0.15, -0.1) is 0 Å². The van der Waals surface area contributed by atoms with Gasteiger partial charge in [0, 0.05) is 17.7 Å². The minimum atomic E-state index is -1.97. The molecule has 0 bridgehead atoms. The summed E-state index contributed by atoms with van der Waals surface area (Å²) in [5.41, 5.74) is -1.23. The molecule has 3 aromatic rings. The van der Waals surface area contributed by atoms with Gasteiger partial charge in [0.15, 0.2) is 23.5 Å². The molecular formula is C29H34O17. The van der Waals surface area contributed by atoms with Crippen LogP contribution in [0.4, 0.5) is 0 Å². The number of aliphatic hydroxyl groups is 7. The molecule has 2 aliphatic rings. The van der Waals surface area contributed by atoms with Crippen LogP contribution in [0.3, 0.4) is 0 Å². The summed E-state index contributed by atoms with van der Waals surface area (Å²) in [6.45, 7) is 0.332. The van der Waals surface area contributed by atoms with Gasteiger partial charge in [-0.2, -0.15) is 0 Å². The maximum atomic E-state index is 13.8. The van der Waals surface area contributed by atoms with Gasteiger partial charge in [-0.3, -0.25) is 4.79 Å². The van der Waals surface area contributed by atoms with E-state index < -0.39 is 102 Å². The number of phenols is 3. The summed E-state index contributed by atoms with van der Waals surface area (Å²) >= 11 is 0. The molecule has 0 amide bonds. The summed E-state index contributed by atoms with van der Waals surface area (Å²) < 4.78 is 33.4. The lowest BCUT2D eigenvalue weighted by Gasteiger charge is -2.42. The van der Waals surface area contributed by atoms with Gasteiger partial charge in [0.2, 0.25) is 17.5 Å². The summed E-state index contributed by atoms with van der Waals surface area (Å²) in [5, 5.41) is 101. The Labute approximate surface area is 259 Å². The highest BCUT2D eigenvalue weighted by atomic mass is 16.7. The molecule has 5 rings (SSSR count). The Balaban J connectivity index is 1.49. The Morgan fingerprint density at radius 2 is 1.48 bits per heavy atom. The Kier molecular flexibility index (Phi) is 9.89. The van der Waals surface area contributed by atoms with E-state index in [0.717, 1.165) is 18.2 Å². The van der Waals surface area contributed by atoms with Gasteiger partial charge in [-0.25, -0.2) is 0 Å². The molecule has 2 aromatic carbocycles. The van der Waals surface area contributed by atoms with Crippen LogP contribution in [-0.4, -0.2) is 132 Å². The number of aliphatic hydroxyl groups excluding tert-OH is 7. The maximum absolute atomic E-state index is 13.8. The minimum absolute atomic E-state index is 0.0189. The van der Waals surface area contributed by atoms with Crippen LogP contribution in [0, 0.1) is 0 Å². The van der Waals surface area contributed by atoms with E-state index in [0.29, 0.717) is 0 Å². The van der Waals surface area contributed by atoms with Gasteiger partial charge >= 0.3 is 0 Å². The zero-order valence-electron chi connectivity index (χ0n) is 24.1. The lowest BCUT2D eigenvalue weighted by atomic mass is 9.98. The number of hydrogen-bond donors (Lipinski definition) is 10. The van der Waals surface area contributed by atoms with Crippen LogP contribution in [0.2, 0.25) is 0 Å². The summed E-state index contributed by atoms with van der Waals surface area (Å²) in [4.78, 5) is 13.8. The molecule has 2 fully saturated rings. The lowest BCUT2D eigenvalue weighted by molar-refractivity contribution is -0.318. The van der Waals surface area contributed by atoms with E-state index in [2.05, 4.69) is 0 Å². The second-order valence-electron chi connectivity index (χ2n) is 10.8. The topological polar surface area (TPSA) is 279 Å². The third-order valence-electron chi connectivity index (χ3n) is 7.64. The van der Waals surface area contributed by atoms with Crippen molar-refractivity contribution in [2.45, 2.75) is 68.3 Å². The number of rotatable bonds is 9. The zero-order valence-corrected chi connectivity index (χ0v) is 24.1. The fourth-order valence-corrected chi connectivity index (χ4v) is 5.07. The molecule has 17 heteroatoms. The normalized spacial score (nSPS) is 31.6. The third kappa shape index (κ3) is 6.42. The summed E-state index contributed by atoms with van der Waals surface area (Å²) in [7, 11) is 0. The van der Waals surface area contributed by atoms with Crippen molar-refractivity contribution in [3.8, 4) is 40.1 Å². The maximum Gasteiger partial charge on any atom is 0.239 e. The standard InChI is InChI=1S/C29H34O17/c1-10-19(34)22(37)24(39)28(43-10)42-9-17-20(35)23(38)25(40)29(45-17)46-27-21(36)18-15(33)7-12(41-5-4-30)8-16(18)44-26(27)11-2-3-13(31)14(32)6-11/h2-3,6-8,10,17,19-20,22-25,28-35,37-40H,4-5,9H2,1H3/t10?,17?,19-,20+,22?,23?,24?,25?,28+,29-/m0/s1. The van der Waals surface area contributed by atoms with E-state index in [1.54, 1.807) is 0 Å². The predicted octanol–water partition coefficient (Wildman–Crippen LogP) is -2.02. The fraction of sp³-hybridized carbons (Fsp3) is 0.483. The molecule has 1 aromatic heterocycles. The molecule has 0 radical (unpaired) electrons. The van der Waals surface area contributed by atoms with Crippen molar-refractivity contribution in [2.24, 2.45) is 0 Å². The Morgan fingerprint density at radius 3 is 2.17 bits per heavy atom. The number of hydrogen-bond acceptors (Lipinski definition) is 17. The van der Waals surface area contributed by atoms with Crippen LogP contribution >= 0.6 is 0 Å². The predicted molar refractivity (Wildman–Crippen MR) is 151 cm³/mol. The highest BCUT2D eigenvalue weighted by molar-refractivity contribution is 5.88. The first kappa shape index (κ1) is 33.6. The molecule has 46 heavy (non-hydrogen) atoms. The molecule has 10 atom stereocenters. The Bertz CT molecular complexity index is 1590. The SMILES string of the molecule is CC1O[C@@H](OCC2O[C@@H](Oc3c(-c4ccc(O)c(O)c4)oc4cc(OCCO)cc(O)c4c3=O)C(O)C(O)[C@@H]2O)C(O)C(O)[C@H]1O. The van der Waals surface area contributed by atoms with Crippen LogP contribution < -0.4 is 14.9 Å². The molecule has 0 aliphatic carbocycles. The minimum Gasteiger partial charge on any atom is -0.507 e. The number of aromatic hydroxyl groups is 3. The molecule has 3 heterocycles. The van der Waals surface area contributed by atoms with Crippen LogP contribution in [0.25, 0.3) is 22.3 Å². The van der Waals surface area contributed by atoms with Crippen molar-refractivity contribution >= 4 is 11.0 Å². The Hall–Kier alpha value is -3.75. The van der Waals surface area contributed by atoms with E-state index in [4.69, 9.17) is 33.2 Å². The van der Waals surface area contributed by atoms with Gasteiger partial charge in [0.05, 0.1) is 19.3 Å². The highest BCUT2D eigenvalue weighted by Gasteiger charge is 2.48. The first-order valence-corrected chi connectivity index (χ1v) is 14.1. The van der Waals surface area contributed by atoms with Crippen molar-refractivity contribution in [3.05, 3.63) is 40.6 Å². The van der Waals surface area contributed by atoms with Crippen molar-refractivity contribution in [1.82, 2.24) is 0 Å². The molecule has 0 spiro atoms. The second-order valence-corrected chi connectivity index (χ2v) is 10.8. The van der Waals surface area contributed by atoms with Crippen molar-refractivity contribution in [3.63, 3.8) is 0 Å². The number of phenolic OH excluding ortho intramolecular Hbond substituents is 3. The first-order chi connectivity index (χ1) is 21.8.